The van der Waals surface area contributed by atoms with E-state index in [2.05, 4.69) is 14.3 Å². The fourth-order valence-electron chi connectivity index (χ4n) is 1.08. The predicted octanol–water partition coefficient (Wildman–Crippen LogP) is 1.51. The predicted molar refractivity (Wildman–Crippen MR) is 64.7 cm³/mol. The number of pyridine rings is 1. The lowest BCUT2D eigenvalue weighted by Crippen LogP contribution is -2.13. The van der Waals surface area contributed by atoms with Gasteiger partial charge in [-0.15, -0.1) is 0 Å². The zero-order valence-electron chi connectivity index (χ0n) is 8.25. The first-order valence-electron chi connectivity index (χ1n) is 4.44. The smallest absolute Gasteiger partial charge is 0.170 e. The van der Waals surface area contributed by atoms with Gasteiger partial charge in [0.15, 0.2) is 4.34 Å². The number of nitrogens with one attached hydrogen (secondary N) is 1. The summed E-state index contributed by atoms with van der Waals surface area (Å²) in [6, 6.07) is 3.72. The van der Waals surface area contributed by atoms with Crippen molar-refractivity contribution < 1.29 is 0 Å². The van der Waals surface area contributed by atoms with E-state index in [0.717, 1.165) is 15.7 Å². The molecule has 0 aliphatic carbocycles. The van der Waals surface area contributed by atoms with Gasteiger partial charge in [-0.05, 0) is 29.2 Å². The second-order valence-corrected chi connectivity index (χ2v) is 4.96. The van der Waals surface area contributed by atoms with Gasteiger partial charge in [-0.2, -0.15) is 4.37 Å². The monoisotopic (exact) mass is 251 g/mol. The minimum Gasteiger partial charge on any atom is -0.382 e. The Morgan fingerprint density at radius 3 is 3.06 bits per heavy atom. The average molecular weight is 251 g/mol. The second kappa shape index (κ2) is 5.04. The van der Waals surface area contributed by atoms with Gasteiger partial charge in [0.25, 0.3) is 0 Å². The number of nitrogens with zero attached hydrogens (tertiary/aromatic N) is 3. The third kappa shape index (κ3) is 2.77. The highest BCUT2D eigenvalue weighted by molar-refractivity contribution is 8.00. The molecule has 0 radical (unpaired) electrons. The molecule has 2 rings (SSSR count). The lowest BCUT2D eigenvalue weighted by molar-refractivity contribution is 1.20. The normalized spacial score (nSPS) is 10.2. The number of rotatable bonds is 4. The number of nitrogens with two attached hydrogens (primary N) is 1. The van der Waals surface area contributed by atoms with E-state index in [0.29, 0.717) is 5.69 Å². The van der Waals surface area contributed by atoms with E-state index in [9.17, 15) is 0 Å². The number of aromatic nitrogens is 3. The van der Waals surface area contributed by atoms with Crippen LogP contribution in [0.4, 0.5) is 0 Å². The summed E-state index contributed by atoms with van der Waals surface area (Å²) in [5.41, 5.74) is 6.95. The van der Waals surface area contributed by atoms with Crippen molar-refractivity contribution >= 4 is 29.1 Å². The second-order valence-electron chi connectivity index (χ2n) is 2.96. The van der Waals surface area contributed by atoms with Crippen molar-refractivity contribution in [3.63, 3.8) is 0 Å². The Labute approximate surface area is 101 Å². The summed E-state index contributed by atoms with van der Waals surface area (Å²) in [6.07, 6.45) is 3.20. The molecule has 0 amide bonds. The minimum absolute atomic E-state index is 0.0113. The highest BCUT2D eigenvalue weighted by Crippen LogP contribution is 2.22. The van der Waals surface area contributed by atoms with Gasteiger partial charge >= 0.3 is 0 Å². The van der Waals surface area contributed by atoms with Crippen LogP contribution in [0.15, 0.2) is 29.0 Å². The van der Waals surface area contributed by atoms with Gasteiger partial charge in [-0.25, -0.2) is 4.98 Å². The molecule has 3 N–H and O–H groups in total. The summed E-state index contributed by atoms with van der Waals surface area (Å²) in [7, 11) is 0. The summed E-state index contributed by atoms with van der Waals surface area (Å²) < 4.78 is 4.86. The van der Waals surface area contributed by atoms with Crippen LogP contribution in [-0.4, -0.2) is 20.2 Å². The Balaban J connectivity index is 2.04. The van der Waals surface area contributed by atoms with Gasteiger partial charge in [0.1, 0.15) is 17.9 Å². The average Bonchev–Trinajstić information content (AvgIpc) is 2.79. The van der Waals surface area contributed by atoms with E-state index < -0.39 is 0 Å². The van der Waals surface area contributed by atoms with Gasteiger partial charge in [0, 0.05) is 11.9 Å². The molecule has 0 aromatic carbocycles. The third-order valence-electron chi connectivity index (χ3n) is 1.80. The van der Waals surface area contributed by atoms with Crippen molar-refractivity contribution in [3.05, 3.63) is 35.9 Å². The quantitative estimate of drug-likeness (QED) is 0.488. The van der Waals surface area contributed by atoms with Gasteiger partial charge in [-0.3, -0.25) is 10.4 Å². The van der Waals surface area contributed by atoms with Crippen molar-refractivity contribution in [2.45, 2.75) is 10.1 Å². The first kappa shape index (κ1) is 11.0. The molecule has 0 aliphatic rings. The van der Waals surface area contributed by atoms with Crippen molar-refractivity contribution in [2.75, 3.05) is 0 Å². The summed E-state index contributed by atoms with van der Waals surface area (Å²) in [5, 5.41) is 7.29. The van der Waals surface area contributed by atoms with Crippen LogP contribution in [0.5, 0.6) is 0 Å². The maximum atomic E-state index is 7.29. The minimum atomic E-state index is -0.0113. The van der Waals surface area contributed by atoms with Gasteiger partial charge in [0.05, 0.1) is 0 Å². The molecule has 16 heavy (non-hydrogen) atoms. The van der Waals surface area contributed by atoms with E-state index in [1.54, 1.807) is 24.3 Å². The molecule has 2 heterocycles. The SMILES string of the molecule is N=C(N)c1cc(CSc2ncns2)ccn1. The number of hydrogen-bond donors (Lipinski definition) is 2. The summed E-state index contributed by atoms with van der Waals surface area (Å²) in [6.45, 7) is 0. The third-order valence-corrected chi connectivity index (χ3v) is 3.67. The molecule has 0 saturated heterocycles. The number of thioether (sulfide) groups is 1. The van der Waals surface area contributed by atoms with Crippen LogP contribution in [-0.2, 0) is 5.75 Å². The molecule has 0 aliphatic heterocycles. The van der Waals surface area contributed by atoms with Crippen LogP contribution in [0.3, 0.4) is 0 Å². The molecule has 2 aromatic rings. The molecule has 0 bridgehead atoms. The molecule has 5 nitrogen and oxygen atoms in total. The molecule has 0 unspecified atom stereocenters. The first-order valence-corrected chi connectivity index (χ1v) is 6.20. The molecular weight excluding hydrogens is 242 g/mol. The van der Waals surface area contributed by atoms with E-state index in [-0.39, 0.29) is 5.84 Å². The molecule has 0 atom stereocenters. The molecule has 0 spiro atoms. The molecular formula is C9H9N5S2. The van der Waals surface area contributed by atoms with Gasteiger partial charge in [-0.1, -0.05) is 11.8 Å². The van der Waals surface area contributed by atoms with Gasteiger partial charge < -0.3 is 5.73 Å². The molecule has 0 fully saturated rings. The lowest BCUT2D eigenvalue weighted by Gasteiger charge is -2.01. The maximum Gasteiger partial charge on any atom is 0.170 e. The Morgan fingerprint density at radius 1 is 1.50 bits per heavy atom. The lowest BCUT2D eigenvalue weighted by atomic mass is 10.2. The maximum absolute atomic E-state index is 7.29. The van der Waals surface area contributed by atoms with Crippen LogP contribution in [0, 0.1) is 5.41 Å². The van der Waals surface area contributed by atoms with Gasteiger partial charge in [0.2, 0.25) is 0 Å². The first-order chi connectivity index (χ1) is 7.75. The summed E-state index contributed by atoms with van der Waals surface area (Å²) >= 11 is 2.98. The fourth-order valence-corrected chi connectivity index (χ4v) is 2.47. The van der Waals surface area contributed by atoms with E-state index in [4.69, 9.17) is 11.1 Å². The zero-order chi connectivity index (χ0) is 11.4. The number of hydrogen-bond acceptors (Lipinski definition) is 6. The Morgan fingerprint density at radius 2 is 2.38 bits per heavy atom. The molecule has 82 valence electrons. The Kier molecular flexibility index (Phi) is 3.47. The molecule has 0 saturated carbocycles. The Hall–Kier alpha value is -1.47. The number of amidine groups is 1. The van der Waals surface area contributed by atoms with Crippen LogP contribution >= 0.6 is 23.3 Å². The highest BCUT2D eigenvalue weighted by atomic mass is 32.2. The van der Waals surface area contributed by atoms with Crippen LogP contribution < -0.4 is 5.73 Å². The zero-order valence-corrected chi connectivity index (χ0v) is 9.88. The van der Waals surface area contributed by atoms with Crippen molar-refractivity contribution in [2.24, 2.45) is 5.73 Å². The number of nitrogen functional groups attached to an aromatic ring is 1. The fraction of sp³-hybridized carbons (Fsp3) is 0.111. The summed E-state index contributed by atoms with van der Waals surface area (Å²) in [4.78, 5) is 8.08. The largest absolute Gasteiger partial charge is 0.382 e. The van der Waals surface area contributed by atoms with Crippen LogP contribution in [0.1, 0.15) is 11.3 Å². The summed E-state index contributed by atoms with van der Waals surface area (Å²) in [5.74, 6) is 0.764. The standard InChI is InChI=1S/C9H9N5S2/c10-8(11)7-3-6(1-2-12-7)4-15-9-13-5-14-16-9/h1-3,5H,4H2,(H3,10,11). The molecule has 7 heteroatoms. The van der Waals surface area contributed by atoms with E-state index in [1.165, 1.54) is 11.5 Å². The van der Waals surface area contributed by atoms with Crippen molar-refractivity contribution in [3.8, 4) is 0 Å². The van der Waals surface area contributed by atoms with E-state index >= 15 is 0 Å². The van der Waals surface area contributed by atoms with E-state index in [1.807, 2.05) is 12.1 Å². The van der Waals surface area contributed by atoms with Crippen LogP contribution in [0.25, 0.3) is 0 Å². The highest BCUT2D eigenvalue weighted by Gasteiger charge is 2.02. The van der Waals surface area contributed by atoms with Crippen LogP contribution in [0.2, 0.25) is 0 Å². The van der Waals surface area contributed by atoms with Crippen molar-refractivity contribution in [1.29, 1.82) is 5.41 Å². The topological polar surface area (TPSA) is 88.5 Å². The Bertz CT molecular complexity index is 482. The molecule has 2 aromatic heterocycles. The van der Waals surface area contributed by atoms with Crippen molar-refractivity contribution in [1.82, 2.24) is 14.3 Å².